The van der Waals surface area contributed by atoms with Crippen LogP contribution >= 0.6 is 0 Å². The van der Waals surface area contributed by atoms with Crippen LogP contribution in [0.15, 0.2) is 0 Å². The molecule has 0 aliphatic rings. The van der Waals surface area contributed by atoms with Gasteiger partial charge < -0.3 is 37.6 Å². The highest BCUT2D eigenvalue weighted by Gasteiger charge is 2.32. The highest BCUT2D eigenvalue weighted by atomic mass is 16.4. The maximum absolute atomic E-state index is 12.8. The van der Waals surface area contributed by atoms with Crippen LogP contribution in [0.3, 0.4) is 0 Å². The fourth-order valence-corrected chi connectivity index (χ4v) is 3.05. The second kappa shape index (κ2) is 15.2. The fraction of sp³-hybridized carbons (Fsp3) is 0.762. The molecule has 9 N–H and O–H groups in total. The van der Waals surface area contributed by atoms with Gasteiger partial charge >= 0.3 is 11.9 Å². The van der Waals surface area contributed by atoms with Gasteiger partial charge in [-0.2, -0.15) is 0 Å². The average Bonchev–Trinajstić information content (AvgIpc) is 2.69. The minimum atomic E-state index is -1.53. The maximum atomic E-state index is 12.8. The van der Waals surface area contributed by atoms with Gasteiger partial charge in [0.15, 0.2) is 0 Å². The summed E-state index contributed by atoms with van der Waals surface area (Å²) in [5, 5.41) is 25.6. The van der Waals surface area contributed by atoms with E-state index in [4.69, 9.17) is 16.6 Å². The van der Waals surface area contributed by atoms with E-state index in [0.717, 1.165) is 0 Å². The Hall–Kier alpha value is -2.73. The van der Waals surface area contributed by atoms with Gasteiger partial charge in [-0.25, -0.2) is 4.79 Å². The van der Waals surface area contributed by atoms with Gasteiger partial charge in [-0.3, -0.25) is 19.2 Å². The number of hydrogen-bond acceptors (Lipinski definition) is 7. The van der Waals surface area contributed by atoms with Gasteiger partial charge in [0.2, 0.25) is 17.7 Å². The molecule has 12 heteroatoms. The molecule has 3 amide bonds. The number of carbonyl (C=O) groups excluding carboxylic acids is 3. The van der Waals surface area contributed by atoms with Crippen LogP contribution in [0.2, 0.25) is 0 Å². The van der Waals surface area contributed by atoms with E-state index < -0.39 is 66.2 Å². The monoisotopic (exact) mass is 473 g/mol. The number of nitrogens with one attached hydrogen (secondary N) is 3. The smallest absolute Gasteiger partial charge is 0.326 e. The Kier molecular flexibility index (Phi) is 13.9. The molecule has 0 spiro atoms. The average molecular weight is 474 g/mol. The minimum Gasteiger partial charge on any atom is -0.481 e. The van der Waals surface area contributed by atoms with Crippen LogP contribution in [-0.2, 0) is 24.0 Å². The predicted octanol–water partition coefficient (Wildman–Crippen LogP) is -0.841. The topological polar surface area (TPSA) is 214 Å². The van der Waals surface area contributed by atoms with Crippen LogP contribution in [-0.4, -0.2) is 70.6 Å². The number of carboxylic acid groups (broad SMARTS) is 2. The summed E-state index contributed by atoms with van der Waals surface area (Å²) >= 11 is 0. The second-order valence-electron chi connectivity index (χ2n) is 8.81. The van der Waals surface area contributed by atoms with Crippen molar-refractivity contribution in [3.63, 3.8) is 0 Å². The fourth-order valence-electron chi connectivity index (χ4n) is 3.05. The highest BCUT2D eigenvalue weighted by molar-refractivity contribution is 5.95. The van der Waals surface area contributed by atoms with Crippen molar-refractivity contribution in [3.05, 3.63) is 0 Å². The van der Waals surface area contributed by atoms with Gasteiger partial charge in [0, 0.05) is 0 Å². The maximum Gasteiger partial charge on any atom is 0.326 e. The van der Waals surface area contributed by atoms with E-state index in [0.29, 0.717) is 25.8 Å². The Morgan fingerprint density at radius 1 is 0.818 bits per heavy atom. The molecule has 12 nitrogen and oxygen atoms in total. The van der Waals surface area contributed by atoms with Gasteiger partial charge in [0.25, 0.3) is 0 Å². The van der Waals surface area contributed by atoms with Crippen molar-refractivity contribution in [1.29, 1.82) is 0 Å². The first kappa shape index (κ1) is 30.3. The summed E-state index contributed by atoms with van der Waals surface area (Å²) in [6.07, 6.45) is 1.09. The van der Waals surface area contributed by atoms with E-state index in [-0.39, 0.29) is 12.3 Å². The van der Waals surface area contributed by atoms with E-state index in [2.05, 4.69) is 16.0 Å². The molecule has 33 heavy (non-hydrogen) atoms. The Morgan fingerprint density at radius 3 is 1.85 bits per heavy atom. The van der Waals surface area contributed by atoms with E-state index in [1.807, 2.05) is 0 Å². The number of carboxylic acids is 2. The third-order valence-electron chi connectivity index (χ3n) is 4.89. The Morgan fingerprint density at radius 2 is 1.39 bits per heavy atom. The molecule has 0 radical (unpaired) electrons. The molecule has 190 valence electrons. The number of nitrogens with two attached hydrogens (primary N) is 2. The first-order chi connectivity index (χ1) is 15.3. The molecule has 4 atom stereocenters. The van der Waals surface area contributed by atoms with Crippen molar-refractivity contribution in [2.24, 2.45) is 23.3 Å². The van der Waals surface area contributed by atoms with Crippen molar-refractivity contribution >= 4 is 29.7 Å². The number of rotatable bonds is 16. The molecule has 0 aromatic rings. The highest BCUT2D eigenvalue weighted by Crippen LogP contribution is 2.08. The molecule has 0 rings (SSSR count). The molecule has 0 aliphatic heterocycles. The van der Waals surface area contributed by atoms with Crippen LogP contribution in [0.4, 0.5) is 0 Å². The molecule has 0 heterocycles. The minimum absolute atomic E-state index is 0.0477. The quantitative estimate of drug-likeness (QED) is 0.139. The number of hydrogen-bond donors (Lipinski definition) is 7. The molecule has 0 bridgehead atoms. The number of carbonyl (C=O) groups is 5. The SMILES string of the molecule is CC(C)C[C@H](NC(=O)[C@H](CC(=O)O)NC(=O)[C@@H](NC(=O)[C@@H](N)CCCCN)C(C)C)C(=O)O. The molecular formula is C21H39N5O7. The Labute approximate surface area is 194 Å². The van der Waals surface area contributed by atoms with Gasteiger partial charge in [0.05, 0.1) is 12.5 Å². The first-order valence-corrected chi connectivity index (χ1v) is 11.1. The zero-order chi connectivity index (χ0) is 25.7. The second-order valence-corrected chi connectivity index (χ2v) is 8.81. The van der Waals surface area contributed by atoms with Crippen molar-refractivity contribution in [3.8, 4) is 0 Å². The lowest BCUT2D eigenvalue weighted by atomic mass is 10.0. The van der Waals surface area contributed by atoms with Gasteiger partial charge in [-0.1, -0.05) is 34.1 Å². The van der Waals surface area contributed by atoms with Crippen LogP contribution < -0.4 is 27.4 Å². The zero-order valence-electron chi connectivity index (χ0n) is 19.8. The molecular weight excluding hydrogens is 434 g/mol. The molecule has 0 aliphatic carbocycles. The summed E-state index contributed by atoms with van der Waals surface area (Å²) in [5.74, 6) is -5.34. The van der Waals surface area contributed by atoms with E-state index in [1.165, 1.54) is 0 Å². The van der Waals surface area contributed by atoms with Crippen LogP contribution in [0.25, 0.3) is 0 Å². The molecule has 0 aromatic heterocycles. The van der Waals surface area contributed by atoms with E-state index >= 15 is 0 Å². The third-order valence-corrected chi connectivity index (χ3v) is 4.89. The van der Waals surface area contributed by atoms with E-state index in [9.17, 15) is 29.1 Å². The summed E-state index contributed by atoms with van der Waals surface area (Å²) in [6.45, 7) is 7.35. The zero-order valence-corrected chi connectivity index (χ0v) is 19.8. The lowest BCUT2D eigenvalue weighted by molar-refractivity contribution is -0.144. The van der Waals surface area contributed by atoms with Crippen LogP contribution in [0.1, 0.15) is 59.8 Å². The van der Waals surface area contributed by atoms with Crippen LogP contribution in [0.5, 0.6) is 0 Å². The molecule has 0 fully saturated rings. The van der Waals surface area contributed by atoms with Gasteiger partial charge in [0.1, 0.15) is 18.1 Å². The molecule has 0 saturated heterocycles. The summed E-state index contributed by atoms with van der Waals surface area (Å²) < 4.78 is 0. The predicted molar refractivity (Wildman–Crippen MR) is 121 cm³/mol. The number of aliphatic carboxylic acids is 2. The van der Waals surface area contributed by atoms with Gasteiger partial charge in [-0.05, 0) is 37.6 Å². The third kappa shape index (κ3) is 12.2. The van der Waals surface area contributed by atoms with Gasteiger partial charge in [-0.15, -0.1) is 0 Å². The normalized spacial score (nSPS) is 14.8. The summed E-state index contributed by atoms with van der Waals surface area (Å²) in [5.41, 5.74) is 11.3. The lowest BCUT2D eigenvalue weighted by Crippen LogP contribution is -2.58. The van der Waals surface area contributed by atoms with E-state index in [1.54, 1.807) is 27.7 Å². The Balaban J connectivity index is 5.36. The largest absolute Gasteiger partial charge is 0.481 e. The number of amides is 3. The van der Waals surface area contributed by atoms with Crippen LogP contribution in [0, 0.1) is 11.8 Å². The molecule has 0 saturated carbocycles. The van der Waals surface area contributed by atoms with Crippen molar-refractivity contribution < 1.29 is 34.2 Å². The van der Waals surface area contributed by atoms with Crippen molar-refractivity contribution in [1.82, 2.24) is 16.0 Å². The Bertz CT molecular complexity index is 684. The standard InChI is InChI=1S/C21H39N5O7/c1-11(2)9-15(21(32)33)25-19(30)14(10-16(27)28)24-20(31)17(12(3)4)26-18(29)13(23)7-5-6-8-22/h11-15,17H,5-10,22-23H2,1-4H3,(H,24,31)(H,25,30)(H,26,29)(H,27,28)(H,32,33)/t13-,14-,15-,17-/m0/s1. The first-order valence-electron chi connectivity index (χ1n) is 11.1. The van der Waals surface area contributed by atoms with Crippen molar-refractivity contribution in [2.75, 3.05) is 6.54 Å². The lowest BCUT2D eigenvalue weighted by Gasteiger charge is -2.26. The summed E-state index contributed by atoms with van der Waals surface area (Å²) in [4.78, 5) is 60.5. The summed E-state index contributed by atoms with van der Waals surface area (Å²) in [7, 11) is 0. The number of unbranched alkanes of at least 4 members (excludes halogenated alkanes) is 1. The molecule has 0 aromatic carbocycles. The molecule has 0 unspecified atom stereocenters. The summed E-state index contributed by atoms with van der Waals surface area (Å²) in [6, 6.07) is -4.69. The van der Waals surface area contributed by atoms with Crippen molar-refractivity contribution in [2.45, 2.75) is 84.0 Å².